The quantitative estimate of drug-likeness (QED) is 0.899. The van der Waals surface area contributed by atoms with Crippen LogP contribution in [0, 0.1) is 5.41 Å². The van der Waals surface area contributed by atoms with Gasteiger partial charge in [-0.05, 0) is 47.0 Å². The monoisotopic (exact) mass is 316 g/mol. The number of amides is 1. The number of nitrogens with one attached hydrogen (secondary N) is 1. The van der Waals surface area contributed by atoms with E-state index in [1.54, 1.807) is 6.07 Å². The van der Waals surface area contributed by atoms with E-state index in [1.165, 1.54) is 0 Å². The number of carbonyl (C=O) groups excluding carboxylic acids is 1. The maximum atomic E-state index is 12.1. The molecule has 0 saturated heterocycles. The van der Waals surface area contributed by atoms with E-state index in [4.69, 9.17) is 17.3 Å². The van der Waals surface area contributed by atoms with E-state index in [1.807, 2.05) is 12.1 Å². The summed E-state index contributed by atoms with van der Waals surface area (Å²) in [6, 6.07) is 5.36. The summed E-state index contributed by atoms with van der Waals surface area (Å²) >= 11 is 9.28. The van der Waals surface area contributed by atoms with Gasteiger partial charge in [0.25, 0.3) is 0 Å². The van der Waals surface area contributed by atoms with Crippen molar-refractivity contribution in [3.63, 3.8) is 0 Å². The van der Waals surface area contributed by atoms with Crippen LogP contribution >= 0.6 is 27.5 Å². The van der Waals surface area contributed by atoms with Crippen LogP contribution in [0.3, 0.4) is 0 Å². The first-order valence-electron chi connectivity index (χ1n) is 5.54. The van der Waals surface area contributed by atoms with Crippen LogP contribution in [0.2, 0.25) is 5.02 Å². The fourth-order valence-corrected chi connectivity index (χ4v) is 2.39. The van der Waals surface area contributed by atoms with Gasteiger partial charge in [0.15, 0.2) is 0 Å². The Morgan fingerprint density at radius 3 is 2.71 bits per heavy atom. The van der Waals surface area contributed by atoms with Gasteiger partial charge in [0.1, 0.15) is 0 Å². The van der Waals surface area contributed by atoms with Crippen LogP contribution in [0.25, 0.3) is 0 Å². The van der Waals surface area contributed by atoms with E-state index >= 15 is 0 Å². The maximum Gasteiger partial charge on any atom is 0.231 e. The van der Waals surface area contributed by atoms with Gasteiger partial charge >= 0.3 is 0 Å². The van der Waals surface area contributed by atoms with Gasteiger partial charge in [-0.15, -0.1) is 0 Å². The molecule has 17 heavy (non-hydrogen) atoms. The maximum absolute atomic E-state index is 12.1. The molecule has 0 atom stereocenters. The molecule has 0 unspecified atom stereocenters. The van der Waals surface area contributed by atoms with Crippen molar-refractivity contribution in [2.75, 3.05) is 11.9 Å². The Hall–Kier alpha value is -0.580. The van der Waals surface area contributed by atoms with Gasteiger partial charge in [0, 0.05) is 16.7 Å². The molecule has 92 valence electrons. The molecule has 1 aliphatic rings. The number of benzene rings is 1. The molecular weight excluding hydrogens is 304 g/mol. The van der Waals surface area contributed by atoms with Crippen LogP contribution in [0.5, 0.6) is 0 Å². The van der Waals surface area contributed by atoms with E-state index in [9.17, 15) is 4.79 Å². The number of nitrogens with two attached hydrogens (primary N) is 1. The van der Waals surface area contributed by atoms with Crippen LogP contribution in [-0.2, 0) is 4.79 Å². The average molecular weight is 318 g/mol. The van der Waals surface area contributed by atoms with Gasteiger partial charge in [0.2, 0.25) is 5.91 Å². The summed E-state index contributed by atoms with van der Waals surface area (Å²) in [5.74, 6) is 0.00430. The molecule has 1 aliphatic carbocycles. The summed E-state index contributed by atoms with van der Waals surface area (Å²) < 4.78 is 0.814. The third-order valence-corrected chi connectivity index (χ3v) is 4.59. The summed E-state index contributed by atoms with van der Waals surface area (Å²) in [5.41, 5.74) is 6.03. The van der Waals surface area contributed by atoms with Crippen LogP contribution < -0.4 is 11.1 Å². The molecule has 5 heteroatoms. The molecule has 2 rings (SSSR count). The molecule has 0 radical (unpaired) electrons. The van der Waals surface area contributed by atoms with Gasteiger partial charge in [0.05, 0.1) is 10.4 Å². The third kappa shape index (κ3) is 2.49. The van der Waals surface area contributed by atoms with Gasteiger partial charge in [-0.1, -0.05) is 18.0 Å². The molecule has 1 aromatic rings. The zero-order chi connectivity index (χ0) is 12.5. The number of hydrogen-bond donors (Lipinski definition) is 2. The van der Waals surface area contributed by atoms with Crippen molar-refractivity contribution in [1.82, 2.24) is 0 Å². The molecule has 1 aromatic carbocycles. The first-order chi connectivity index (χ1) is 8.07. The molecule has 1 fully saturated rings. The minimum Gasteiger partial charge on any atom is -0.329 e. The number of hydrogen-bond acceptors (Lipinski definition) is 2. The predicted molar refractivity (Wildman–Crippen MR) is 73.1 cm³/mol. The van der Waals surface area contributed by atoms with Crippen molar-refractivity contribution < 1.29 is 4.79 Å². The van der Waals surface area contributed by atoms with Crippen molar-refractivity contribution in [1.29, 1.82) is 0 Å². The summed E-state index contributed by atoms with van der Waals surface area (Å²) in [6.07, 6.45) is 2.82. The largest absolute Gasteiger partial charge is 0.329 e. The first kappa shape index (κ1) is 12.9. The average Bonchev–Trinajstić information content (AvgIpc) is 2.23. The SMILES string of the molecule is NCC1(C(=O)Nc2ccc(Br)c(Cl)c2)CCC1. The highest BCUT2D eigenvalue weighted by Gasteiger charge is 2.42. The lowest BCUT2D eigenvalue weighted by Crippen LogP contribution is -2.47. The zero-order valence-electron chi connectivity index (χ0n) is 9.30. The summed E-state index contributed by atoms with van der Waals surface area (Å²) in [4.78, 5) is 12.1. The lowest BCUT2D eigenvalue weighted by molar-refractivity contribution is -0.129. The normalized spacial score (nSPS) is 17.4. The van der Waals surface area contributed by atoms with Crippen molar-refractivity contribution >= 4 is 39.1 Å². The smallest absolute Gasteiger partial charge is 0.231 e. The summed E-state index contributed by atoms with van der Waals surface area (Å²) in [5, 5.41) is 3.46. The standard InChI is InChI=1S/C12H14BrClN2O/c13-9-3-2-8(6-10(9)14)16-11(17)12(7-15)4-1-5-12/h2-3,6H,1,4-5,7,15H2,(H,16,17). The van der Waals surface area contributed by atoms with E-state index in [-0.39, 0.29) is 11.3 Å². The van der Waals surface area contributed by atoms with E-state index in [2.05, 4.69) is 21.2 Å². The predicted octanol–water partition coefficient (Wildman–Crippen LogP) is 3.17. The molecule has 3 nitrogen and oxygen atoms in total. The Labute approximate surface area is 114 Å². The number of halogens is 2. The molecule has 0 heterocycles. The second kappa shape index (κ2) is 4.96. The second-order valence-electron chi connectivity index (χ2n) is 4.42. The Morgan fingerprint density at radius 2 is 2.24 bits per heavy atom. The van der Waals surface area contributed by atoms with E-state index in [0.717, 1.165) is 23.7 Å². The number of rotatable bonds is 3. The van der Waals surface area contributed by atoms with Crippen molar-refractivity contribution in [2.24, 2.45) is 11.1 Å². The van der Waals surface area contributed by atoms with Crippen molar-refractivity contribution in [2.45, 2.75) is 19.3 Å². The summed E-state index contributed by atoms with van der Waals surface area (Å²) in [7, 11) is 0. The number of anilines is 1. The Balaban J connectivity index is 2.10. The van der Waals surface area contributed by atoms with E-state index in [0.29, 0.717) is 17.3 Å². The van der Waals surface area contributed by atoms with Gasteiger partial charge in [-0.3, -0.25) is 4.79 Å². The van der Waals surface area contributed by atoms with Crippen LogP contribution in [0.15, 0.2) is 22.7 Å². The molecule has 1 saturated carbocycles. The van der Waals surface area contributed by atoms with Crippen molar-refractivity contribution in [3.05, 3.63) is 27.7 Å². The van der Waals surface area contributed by atoms with E-state index < -0.39 is 0 Å². The molecule has 0 spiro atoms. The van der Waals surface area contributed by atoms with Crippen LogP contribution in [-0.4, -0.2) is 12.5 Å². The molecule has 1 amide bonds. The Kier molecular flexibility index (Phi) is 3.76. The summed E-state index contributed by atoms with van der Waals surface area (Å²) in [6.45, 7) is 0.406. The molecule has 0 aromatic heterocycles. The van der Waals surface area contributed by atoms with Gasteiger partial charge < -0.3 is 11.1 Å². The Bertz CT molecular complexity index is 441. The highest BCUT2D eigenvalue weighted by atomic mass is 79.9. The zero-order valence-corrected chi connectivity index (χ0v) is 11.6. The fourth-order valence-electron chi connectivity index (χ4n) is 1.96. The topological polar surface area (TPSA) is 55.1 Å². The fraction of sp³-hybridized carbons (Fsp3) is 0.417. The molecule has 3 N–H and O–H groups in total. The van der Waals surface area contributed by atoms with Gasteiger partial charge in [-0.2, -0.15) is 0 Å². The van der Waals surface area contributed by atoms with Crippen LogP contribution in [0.1, 0.15) is 19.3 Å². The lowest BCUT2D eigenvalue weighted by atomic mass is 9.68. The lowest BCUT2D eigenvalue weighted by Gasteiger charge is -2.39. The van der Waals surface area contributed by atoms with Crippen molar-refractivity contribution in [3.8, 4) is 0 Å². The molecule has 0 bridgehead atoms. The number of carbonyl (C=O) groups is 1. The molecule has 0 aliphatic heterocycles. The minimum atomic E-state index is -0.362. The third-order valence-electron chi connectivity index (χ3n) is 3.36. The second-order valence-corrected chi connectivity index (χ2v) is 5.68. The Morgan fingerprint density at radius 1 is 1.53 bits per heavy atom. The minimum absolute atomic E-state index is 0.00430. The highest BCUT2D eigenvalue weighted by Crippen LogP contribution is 2.41. The highest BCUT2D eigenvalue weighted by molar-refractivity contribution is 9.10. The van der Waals surface area contributed by atoms with Crippen LogP contribution in [0.4, 0.5) is 5.69 Å². The first-order valence-corrected chi connectivity index (χ1v) is 6.71. The molecular formula is C12H14BrClN2O. The van der Waals surface area contributed by atoms with Gasteiger partial charge in [-0.25, -0.2) is 0 Å².